The Labute approximate surface area is 103 Å². The van der Waals surface area contributed by atoms with Gasteiger partial charge in [-0.05, 0) is 11.1 Å². The minimum atomic E-state index is 0.0824. The fraction of sp³-hybridized carbons (Fsp3) is 0.538. The molecule has 0 aliphatic carbocycles. The summed E-state index contributed by atoms with van der Waals surface area (Å²) >= 11 is 0. The molecule has 17 heavy (non-hydrogen) atoms. The van der Waals surface area contributed by atoms with Crippen molar-refractivity contribution in [2.45, 2.75) is 13.2 Å². The number of rotatable bonds is 9. The van der Waals surface area contributed by atoms with Crippen LogP contribution in [-0.4, -0.2) is 38.6 Å². The van der Waals surface area contributed by atoms with E-state index in [0.717, 1.165) is 13.1 Å². The molecule has 0 saturated carbocycles. The molecule has 96 valence electrons. The van der Waals surface area contributed by atoms with Crippen LogP contribution in [0.4, 0.5) is 0 Å². The van der Waals surface area contributed by atoms with Crippen LogP contribution in [0.15, 0.2) is 24.3 Å². The molecule has 4 heteroatoms. The summed E-state index contributed by atoms with van der Waals surface area (Å²) in [6, 6.07) is 8.30. The van der Waals surface area contributed by atoms with Crippen LogP contribution in [-0.2, 0) is 22.6 Å². The molecule has 0 spiro atoms. The molecule has 0 fully saturated rings. The van der Waals surface area contributed by atoms with Gasteiger partial charge in [0, 0.05) is 20.2 Å². The molecular weight excluding hydrogens is 218 g/mol. The van der Waals surface area contributed by atoms with E-state index < -0.39 is 0 Å². The van der Waals surface area contributed by atoms with Gasteiger partial charge in [-0.25, -0.2) is 0 Å². The van der Waals surface area contributed by atoms with Crippen molar-refractivity contribution in [3.8, 4) is 0 Å². The van der Waals surface area contributed by atoms with Gasteiger partial charge in [-0.15, -0.1) is 0 Å². The lowest BCUT2D eigenvalue weighted by Crippen LogP contribution is -2.20. The third-order valence-electron chi connectivity index (χ3n) is 2.29. The van der Waals surface area contributed by atoms with E-state index in [1.807, 2.05) is 6.07 Å². The van der Waals surface area contributed by atoms with E-state index in [2.05, 4.69) is 23.5 Å². The van der Waals surface area contributed by atoms with E-state index in [0.29, 0.717) is 19.8 Å². The van der Waals surface area contributed by atoms with Crippen molar-refractivity contribution in [3.63, 3.8) is 0 Å². The number of aliphatic hydroxyl groups excluding tert-OH is 1. The maximum atomic E-state index is 8.52. The summed E-state index contributed by atoms with van der Waals surface area (Å²) in [5.74, 6) is 0. The Morgan fingerprint density at radius 1 is 1.24 bits per heavy atom. The molecule has 0 bridgehead atoms. The average Bonchev–Trinajstić information content (AvgIpc) is 2.35. The van der Waals surface area contributed by atoms with Crippen LogP contribution in [0.1, 0.15) is 11.1 Å². The quantitative estimate of drug-likeness (QED) is 0.629. The van der Waals surface area contributed by atoms with Gasteiger partial charge in [0.05, 0.1) is 26.4 Å². The molecule has 2 N–H and O–H groups in total. The lowest BCUT2D eigenvalue weighted by Gasteiger charge is -2.07. The van der Waals surface area contributed by atoms with Crippen LogP contribution < -0.4 is 5.32 Å². The lowest BCUT2D eigenvalue weighted by molar-refractivity contribution is 0.0938. The highest BCUT2D eigenvalue weighted by Crippen LogP contribution is 2.05. The smallest absolute Gasteiger partial charge is 0.0713 e. The molecule has 0 radical (unpaired) electrons. The zero-order valence-electron chi connectivity index (χ0n) is 10.3. The highest BCUT2D eigenvalue weighted by atomic mass is 16.5. The molecule has 0 aliphatic rings. The van der Waals surface area contributed by atoms with Gasteiger partial charge in [-0.3, -0.25) is 0 Å². The maximum Gasteiger partial charge on any atom is 0.0713 e. The molecule has 1 aromatic carbocycles. The molecule has 0 atom stereocenters. The fourth-order valence-corrected chi connectivity index (χ4v) is 1.54. The van der Waals surface area contributed by atoms with E-state index >= 15 is 0 Å². The second kappa shape index (κ2) is 9.13. The SMILES string of the molecule is COCc1cccc(CNCCOCCO)c1. The second-order valence-electron chi connectivity index (χ2n) is 3.77. The topological polar surface area (TPSA) is 50.7 Å². The van der Waals surface area contributed by atoms with Crippen molar-refractivity contribution in [3.05, 3.63) is 35.4 Å². The predicted molar refractivity (Wildman–Crippen MR) is 66.8 cm³/mol. The van der Waals surface area contributed by atoms with Gasteiger partial charge in [-0.1, -0.05) is 24.3 Å². The van der Waals surface area contributed by atoms with E-state index in [-0.39, 0.29) is 6.61 Å². The first-order valence-electron chi connectivity index (χ1n) is 5.83. The summed E-state index contributed by atoms with van der Waals surface area (Å²) in [5, 5.41) is 11.8. The predicted octanol–water partition coefficient (Wildman–Crippen LogP) is 0.931. The van der Waals surface area contributed by atoms with Gasteiger partial charge in [0.1, 0.15) is 0 Å². The Morgan fingerprint density at radius 3 is 2.82 bits per heavy atom. The maximum absolute atomic E-state index is 8.52. The van der Waals surface area contributed by atoms with Crippen molar-refractivity contribution in [2.24, 2.45) is 0 Å². The summed E-state index contributed by atoms with van der Waals surface area (Å²) in [5.41, 5.74) is 2.42. The van der Waals surface area contributed by atoms with Gasteiger partial charge in [0.15, 0.2) is 0 Å². The summed E-state index contributed by atoms with van der Waals surface area (Å²) in [6.45, 7) is 3.37. The molecule has 4 nitrogen and oxygen atoms in total. The number of aliphatic hydroxyl groups is 1. The van der Waals surface area contributed by atoms with Crippen molar-refractivity contribution in [2.75, 3.05) is 33.5 Å². The number of hydrogen-bond donors (Lipinski definition) is 2. The zero-order chi connectivity index (χ0) is 12.3. The number of benzene rings is 1. The highest BCUT2D eigenvalue weighted by molar-refractivity contribution is 5.22. The summed E-state index contributed by atoms with van der Waals surface area (Å²) < 4.78 is 10.2. The van der Waals surface area contributed by atoms with Crippen molar-refractivity contribution in [1.82, 2.24) is 5.32 Å². The lowest BCUT2D eigenvalue weighted by atomic mass is 10.1. The summed E-state index contributed by atoms with van der Waals surface area (Å²) in [6.07, 6.45) is 0. The van der Waals surface area contributed by atoms with Gasteiger partial charge in [-0.2, -0.15) is 0 Å². The standard InChI is InChI=1S/C13H21NO3/c1-16-11-13-4-2-3-12(9-13)10-14-5-7-17-8-6-15/h2-4,9,14-15H,5-8,10-11H2,1H3. The van der Waals surface area contributed by atoms with Crippen LogP contribution in [0.3, 0.4) is 0 Å². The minimum absolute atomic E-state index is 0.0824. The molecule has 0 unspecified atom stereocenters. The Hall–Kier alpha value is -0.940. The first-order chi connectivity index (χ1) is 8.36. The third-order valence-corrected chi connectivity index (χ3v) is 2.29. The molecule has 0 amide bonds. The molecule has 0 saturated heterocycles. The Morgan fingerprint density at radius 2 is 2.06 bits per heavy atom. The van der Waals surface area contributed by atoms with Crippen LogP contribution in [0.5, 0.6) is 0 Å². The van der Waals surface area contributed by atoms with Crippen LogP contribution in [0.2, 0.25) is 0 Å². The number of nitrogens with one attached hydrogen (secondary N) is 1. The number of methoxy groups -OCH3 is 1. The second-order valence-corrected chi connectivity index (χ2v) is 3.77. The minimum Gasteiger partial charge on any atom is -0.394 e. The Bertz CT molecular complexity index is 304. The van der Waals surface area contributed by atoms with Crippen molar-refractivity contribution >= 4 is 0 Å². The Kier molecular flexibility index (Phi) is 7.58. The molecule has 0 aliphatic heterocycles. The van der Waals surface area contributed by atoms with E-state index in [4.69, 9.17) is 14.6 Å². The fourth-order valence-electron chi connectivity index (χ4n) is 1.54. The van der Waals surface area contributed by atoms with E-state index in [1.165, 1.54) is 11.1 Å². The zero-order valence-corrected chi connectivity index (χ0v) is 10.3. The number of hydrogen-bond acceptors (Lipinski definition) is 4. The number of ether oxygens (including phenoxy) is 2. The molecule has 1 aromatic rings. The first kappa shape index (κ1) is 14.1. The third kappa shape index (κ3) is 6.38. The van der Waals surface area contributed by atoms with Gasteiger partial charge in [0.2, 0.25) is 0 Å². The first-order valence-corrected chi connectivity index (χ1v) is 5.83. The van der Waals surface area contributed by atoms with E-state index in [1.54, 1.807) is 7.11 Å². The molecule has 0 heterocycles. The monoisotopic (exact) mass is 239 g/mol. The molecule has 1 rings (SSSR count). The van der Waals surface area contributed by atoms with Gasteiger partial charge in [0.25, 0.3) is 0 Å². The summed E-state index contributed by atoms with van der Waals surface area (Å²) in [7, 11) is 1.70. The summed E-state index contributed by atoms with van der Waals surface area (Å²) in [4.78, 5) is 0. The normalized spacial score (nSPS) is 10.7. The van der Waals surface area contributed by atoms with Gasteiger partial charge < -0.3 is 19.9 Å². The van der Waals surface area contributed by atoms with Crippen LogP contribution in [0.25, 0.3) is 0 Å². The van der Waals surface area contributed by atoms with E-state index in [9.17, 15) is 0 Å². The Balaban J connectivity index is 2.19. The van der Waals surface area contributed by atoms with Crippen molar-refractivity contribution < 1.29 is 14.6 Å². The van der Waals surface area contributed by atoms with Crippen LogP contribution >= 0.6 is 0 Å². The van der Waals surface area contributed by atoms with Crippen LogP contribution in [0, 0.1) is 0 Å². The molecular formula is C13H21NO3. The van der Waals surface area contributed by atoms with Gasteiger partial charge >= 0.3 is 0 Å². The van der Waals surface area contributed by atoms with Crippen molar-refractivity contribution in [1.29, 1.82) is 0 Å². The average molecular weight is 239 g/mol. The highest BCUT2D eigenvalue weighted by Gasteiger charge is 1.95. The largest absolute Gasteiger partial charge is 0.394 e. The molecule has 0 aromatic heterocycles.